The number of hydrogen-bond donors (Lipinski definition) is 1. The minimum absolute atomic E-state index is 0.199. The minimum atomic E-state index is -3.43. The molecule has 0 rings (SSSR count). The van der Waals surface area contributed by atoms with Gasteiger partial charge in [-0.3, -0.25) is 4.57 Å². The Labute approximate surface area is 156 Å². The van der Waals surface area contributed by atoms with Crippen molar-refractivity contribution in [3.8, 4) is 0 Å². The molecule has 0 bridgehead atoms. The van der Waals surface area contributed by atoms with Gasteiger partial charge in [0.05, 0.1) is 18.9 Å². The van der Waals surface area contributed by atoms with Crippen LogP contribution in [0.5, 0.6) is 0 Å². The van der Waals surface area contributed by atoms with Crippen LogP contribution in [0.2, 0.25) is 0 Å². The Hall–Kier alpha value is 0.110. The molecule has 152 valence electrons. The van der Waals surface area contributed by atoms with Gasteiger partial charge in [-0.05, 0) is 6.42 Å². The second-order valence-corrected chi connectivity index (χ2v) is 9.77. The van der Waals surface area contributed by atoms with Gasteiger partial charge in [-0.25, -0.2) is 0 Å². The molecule has 1 atom stereocenters. The third kappa shape index (κ3) is 17.3. The van der Waals surface area contributed by atoms with Crippen LogP contribution in [-0.2, 0) is 13.8 Å². The standard InChI is InChI=1S/C20H43O4P/c1-4-5-6-7-8-9-10-11-12-13-14-15-16-17-23-18-19-24-25(21,22)20(2)3/h20H,4-19H2,1-3H3,(H,21,22). The average molecular weight is 379 g/mol. The van der Waals surface area contributed by atoms with Gasteiger partial charge in [0.15, 0.2) is 0 Å². The molecule has 0 amide bonds. The highest BCUT2D eigenvalue weighted by molar-refractivity contribution is 7.53. The summed E-state index contributed by atoms with van der Waals surface area (Å²) in [6.45, 7) is 6.96. The third-order valence-electron chi connectivity index (χ3n) is 4.55. The lowest BCUT2D eigenvalue weighted by molar-refractivity contribution is 0.0918. The smallest absolute Gasteiger partial charge is 0.330 e. The summed E-state index contributed by atoms with van der Waals surface area (Å²) in [6, 6.07) is 0. The fourth-order valence-electron chi connectivity index (χ4n) is 2.70. The van der Waals surface area contributed by atoms with Gasteiger partial charge in [0, 0.05) is 6.61 Å². The molecule has 0 saturated carbocycles. The molecular formula is C20H43O4P. The zero-order valence-corrected chi connectivity index (χ0v) is 17.9. The van der Waals surface area contributed by atoms with Gasteiger partial charge < -0.3 is 14.2 Å². The van der Waals surface area contributed by atoms with Crippen LogP contribution in [0.25, 0.3) is 0 Å². The zero-order chi connectivity index (χ0) is 18.8. The van der Waals surface area contributed by atoms with Crippen LogP contribution in [-0.4, -0.2) is 30.4 Å². The molecule has 0 spiro atoms. The van der Waals surface area contributed by atoms with Gasteiger partial charge in [-0.1, -0.05) is 97.8 Å². The van der Waals surface area contributed by atoms with Crippen molar-refractivity contribution in [3.05, 3.63) is 0 Å². The summed E-state index contributed by atoms with van der Waals surface area (Å²) in [4.78, 5) is 9.50. The van der Waals surface area contributed by atoms with Crippen molar-refractivity contribution in [3.63, 3.8) is 0 Å². The Balaban J connectivity index is 3.13. The lowest BCUT2D eigenvalue weighted by atomic mass is 10.0. The quantitative estimate of drug-likeness (QED) is 0.201. The van der Waals surface area contributed by atoms with Crippen LogP contribution in [0.3, 0.4) is 0 Å². The van der Waals surface area contributed by atoms with E-state index in [1.54, 1.807) is 13.8 Å². The van der Waals surface area contributed by atoms with E-state index < -0.39 is 7.60 Å². The summed E-state index contributed by atoms with van der Waals surface area (Å²) in [7, 11) is -3.43. The predicted octanol–water partition coefficient (Wildman–Crippen LogP) is 6.70. The molecular weight excluding hydrogens is 335 g/mol. The SMILES string of the molecule is CCCCCCCCCCCCCCCOCCOP(=O)(O)C(C)C. The molecule has 0 fully saturated rings. The molecule has 0 aliphatic heterocycles. The molecule has 0 aromatic rings. The van der Waals surface area contributed by atoms with Crippen molar-refractivity contribution in [2.75, 3.05) is 19.8 Å². The summed E-state index contributed by atoms with van der Waals surface area (Å²) in [5.74, 6) is 0. The highest BCUT2D eigenvalue weighted by Gasteiger charge is 2.23. The maximum Gasteiger partial charge on any atom is 0.330 e. The van der Waals surface area contributed by atoms with Crippen LogP contribution in [0.1, 0.15) is 104 Å². The molecule has 0 aliphatic rings. The normalized spacial score (nSPS) is 14.1. The predicted molar refractivity (Wildman–Crippen MR) is 107 cm³/mol. The summed E-state index contributed by atoms with van der Waals surface area (Å²) < 4.78 is 22.0. The molecule has 0 heterocycles. The van der Waals surface area contributed by atoms with E-state index in [0.29, 0.717) is 6.61 Å². The van der Waals surface area contributed by atoms with Crippen molar-refractivity contribution in [1.29, 1.82) is 0 Å². The molecule has 1 N–H and O–H groups in total. The van der Waals surface area contributed by atoms with Gasteiger partial charge >= 0.3 is 7.60 Å². The first-order valence-corrected chi connectivity index (χ1v) is 12.2. The monoisotopic (exact) mass is 378 g/mol. The van der Waals surface area contributed by atoms with Crippen molar-refractivity contribution in [1.82, 2.24) is 0 Å². The first-order chi connectivity index (χ1) is 12.0. The van der Waals surface area contributed by atoms with E-state index in [1.165, 1.54) is 77.0 Å². The molecule has 1 unspecified atom stereocenters. The van der Waals surface area contributed by atoms with Gasteiger partial charge in [0.25, 0.3) is 0 Å². The highest BCUT2D eigenvalue weighted by Crippen LogP contribution is 2.46. The van der Waals surface area contributed by atoms with Gasteiger partial charge in [0.2, 0.25) is 0 Å². The molecule has 0 saturated heterocycles. The first-order valence-electron chi connectivity index (χ1n) is 10.6. The second kappa shape index (κ2) is 17.5. The van der Waals surface area contributed by atoms with Crippen molar-refractivity contribution >= 4 is 7.60 Å². The van der Waals surface area contributed by atoms with Gasteiger partial charge in [-0.15, -0.1) is 0 Å². The maximum atomic E-state index is 11.6. The summed E-state index contributed by atoms with van der Waals surface area (Å²) >= 11 is 0. The van der Waals surface area contributed by atoms with E-state index >= 15 is 0 Å². The Morgan fingerprint density at radius 2 is 1.16 bits per heavy atom. The Kier molecular flexibility index (Phi) is 17.6. The van der Waals surface area contributed by atoms with Crippen LogP contribution in [0.4, 0.5) is 0 Å². The van der Waals surface area contributed by atoms with Crippen LogP contribution < -0.4 is 0 Å². The molecule has 0 aliphatic carbocycles. The molecule has 0 aromatic carbocycles. The van der Waals surface area contributed by atoms with Crippen LogP contribution in [0.15, 0.2) is 0 Å². The van der Waals surface area contributed by atoms with E-state index in [9.17, 15) is 9.46 Å². The third-order valence-corrected chi connectivity index (χ3v) is 6.41. The number of rotatable bonds is 19. The van der Waals surface area contributed by atoms with E-state index in [2.05, 4.69) is 6.92 Å². The minimum Gasteiger partial charge on any atom is -0.379 e. The van der Waals surface area contributed by atoms with Crippen LogP contribution >= 0.6 is 7.60 Å². The maximum absolute atomic E-state index is 11.6. The molecule has 0 aromatic heterocycles. The summed E-state index contributed by atoms with van der Waals surface area (Å²) in [5.41, 5.74) is -0.353. The zero-order valence-electron chi connectivity index (χ0n) is 17.0. The number of ether oxygens (including phenoxy) is 1. The first kappa shape index (κ1) is 25.1. The van der Waals surface area contributed by atoms with E-state index in [-0.39, 0.29) is 12.3 Å². The Morgan fingerprint density at radius 3 is 1.60 bits per heavy atom. The Bertz CT molecular complexity index is 321. The summed E-state index contributed by atoms with van der Waals surface area (Å²) in [6.07, 6.45) is 17.5. The largest absolute Gasteiger partial charge is 0.379 e. The van der Waals surface area contributed by atoms with E-state index in [1.807, 2.05) is 0 Å². The number of hydrogen-bond acceptors (Lipinski definition) is 3. The average Bonchev–Trinajstić information content (AvgIpc) is 2.57. The topological polar surface area (TPSA) is 55.8 Å². The number of unbranched alkanes of at least 4 members (excludes halogenated alkanes) is 12. The molecule has 25 heavy (non-hydrogen) atoms. The molecule has 0 radical (unpaired) electrons. The van der Waals surface area contributed by atoms with Gasteiger partial charge in [-0.2, -0.15) is 0 Å². The lowest BCUT2D eigenvalue weighted by Crippen LogP contribution is -2.08. The van der Waals surface area contributed by atoms with Crippen molar-refractivity contribution in [2.24, 2.45) is 0 Å². The molecule has 4 nitrogen and oxygen atoms in total. The lowest BCUT2D eigenvalue weighted by Gasteiger charge is -2.15. The fourth-order valence-corrected chi connectivity index (χ4v) is 3.33. The van der Waals surface area contributed by atoms with Crippen molar-refractivity contribution < 1.29 is 18.7 Å². The summed E-state index contributed by atoms with van der Waals surface area (Å²) in [5, 5.41) is 0. The van der Waals surface area contributed by atoms with Crippen LogP contribution in [0, 0.1) is 0 Å². The van der Waals surface area contributed by atoms with Crippen molar-refractivity contribution in [2.45, 2.75) is 110 Å². The van der Waals surface area contributed by atoms with E-state index in [0.717, 1.165) is 13.0 Å². The second-order valence-electron chi connectivity index (χ2n) is 7.35. The highest BCUT2D eigenvalue weighted by atomic mass is 31.2. The fraction of sp³-hybridized carbons (Fsp3) is 1.00. The Morgan fingerprint density at radius 1 is 0.720 bits per heavy atom. The molecule has 5 heteroatoms. The van der Waals surface area contributed by atoms with Gasteiger partial charge in [0.1, 0.15) is 0 Å². The van der Waals surface area contributed by atoms with E-state index in [4.69, 9.17) is 9.26 Å².